The standard InChI is InChI=1S/C20H32N2O/c1-2-6-19(11-9-17-7-4-3-5-8-17)22-20(23)12-10-18-13-15-21-16-14-18/h3-5,7-8,18-19,21H,2,6,9-16H2,1H3,(H,22,23). The van der Waals surface area contributed by atoms with Crippen LogP contribution in [-0.2, 0) is 11.2 Å². The maximum atomic E-state index is 12.3. The highest BCUT2D eigenvalue weighted by atomic mass is 16.1. The van der Waals surface area contributed by atoms with Gasteiger partial charge in [0.15, 0.2) is 0 Å². The Bertz CT molecular complexity index is 440. The second kappa shape index (κ2) is 10.4. The predicted octanol–water partition coefficient (Wildman–Crippen LogP) is 3.68. The quantitative estimate of drug-likeness (QED) is 0.729. The fraction of sp³-hybridized carbons (Fsp3) is 0.650. The van der Waals surface area contributed by atoms with Crippen molar-refractivity contribution >= 4 is 5.91 Å². The largest absolute Gasteiger partial charge is 0.353 e. The lowest BCUT2D eigenvalue weighted by molar-refractivity contribution is -0.122. The van der Waals surface area contributed by atoms with Crippen LogP contribution < -0.4 is 10.6 Å². The maximum Gasteiger partial charge on any atom is 0.220 e. The van der Waals surface area contributed by atoms with E-state index in [1.807, 2.05) is 0 Å². The molecule has 3 heteroatoms. The van der Waals surface area contributed by atoms with Crippen molar-refractivity contribution in [1.82, 2.24) is 10.6 Å². The molecule has 1 aliphatic heterocycles. The molecule has 3 nitrogen and oxygen atoms in total. The maximum absolute atomic E-state index is 12.3. The predicted molar refractivity (Wildman–Crippen MR) is 96.4 cm³/mol. The van der Waals surface area contributed by atoms with Crippen LogP contribution in [0, 0.1) is 5.92 Å². The van der Waals surface area contributed by atoms with Gasteiger partial charge in [0.2, 0.25) is 5.91 Å². The molecule has 1 fully saturated rings. The fourth-order valence-electron chi connectivity index (χ4n) is 3.43. The topological polar surface area (TPSA) is 41.1 Å². The zero-order valence-electron chi connectivity index (χ0n) is 14.5. The van der Waals surface area contributed by atoms with E-state index >= 15 is 0 Å². The van der Waals surface area contributed by atoms with Crippen LogP contribution in [0.4, 0.5) is 0 Å². The van der Waals surface area contributed by atoms with E-state index in [4.69, 9.17) is 0 Å². The molecule has 2 N–H and O–H groups in total. The van der Waals surface area contributed by atoms with Crippen LogP contribution in [0.2, 0.25) is 0 Å². The smallest absolute Gasteiger partial charge is 0.220 e. The summed E-state index contributed by atoms with van der Waals surface area (Å²) in [5.41, 5.74) is 1.36. The molecule has 1 amide bonds. The number of carbonyl (C=O) groups excluding carboxylic acids is 1. The molecule has 23 heavy (non-hydrogen) atoms. The summed E-state index contributed by atoms with van der Waals surface area (Å²) in [4.78, 5) is 12.3. The molecule has 1 unspecified atom stereocenters. The number of piperidine rings is 1. The van der Waals surface area contributed by atoms with Gasteiger partial charge in [-0.05, 0) is 63.1 Å². The molecule has 1 saturated heterocycles. The average molecular weight is 316 g/mol. The summed E-state index contributed by atoms with van der Waals surface area (Å²) >= 11 is 0. The number of nitrogens with one attached hydrogen (secondary N) is 2. The monoisotopic (exact) mass is 316 g/mol. The van der Waals surface area contributed by atoms with Gasteiger partial charge in [0.1, 0.15) is 0 Å². The van der Waals surface area contributed by atoms with Gasteiger partial charge in [0.25, 0.3) is 0 Å². The van der Waals surface area contributed by atoms with Gasteiger partial charge in [-0.1, -0.05) is 43.7 Å². The Labute approximate surface area is 141 Å². The molecule has 0 aromatic heterocycles. The molecule has 2 rings (SSSR count). The summed E-state index contributed by atoms with van der Waals surface area (Å²) in [5, 5.41) is 6.66. The Morgan fingerprint density at radius 1 is 1.22 bits per heavy atom. The summed E-state index contributed by atoms with van der Waals surface area (Å²) in [6.45, 7) is 4.42. The third-order valence-electron chi connectivity index (χ3n) is 4.86. The summed E-state index contributed by atoms with van der Waals surface area (Å²) in [6.07, 6.45) is 8.46. The first-order valence-electron chi connectivity index (χ1n) is 9.32. The molecule has 1 heterocycles. The lowest BCUT2D eigenvalue weighted by atomic mass is 9.93. The summed E-state index contributed by atoms with van der Waals surface area (Å²) in [6, 6.07) is 10.9. The first-order valence-corrected chi connectivity index (χ1v) is 9.32. The Morgan fingerprint density at radius 2 is 1.96 bits per heavy atom. The van der Waals surface area contributed by atoms with Gasteiger partial charge in [-0.15, -0.1) is 0 Å². The summed E-state index contributed by atoms with van der Waals surface area (Å²) < 4.78 is 0. The number of carbonyl (C=O) groups is 1. The third-order valence-corrected chi connectivity index (χ3v) is 4.86. The molecular weight excluding hydrogens is 284 g/mol. The van der Waals surface area contributed by atoms with Gasteiger partial charge >= 0.3 is 0 Å². The molecule has 1 aromatic carbocycles. The zero-order valence-corrected chi connectivity index (χ0v) is 14.5. The van der Waals surface area contributed by atoms with Crippen molar-refractivity contribution in [2.45, 2.75) is 64.3 Å². The minimum Gasteiger partial charge on any atom is -0.353 e. The molecule has 128 valence electrons. The molecular formula is C20H32N2O. The van der Waals surface area contributed by atoms with Gasteiger partial charge < -0.3 is 10.6 Å². The third kappa shape index (κ3) is 7.17. The Morgan fingerprint density at radius 3 is 2.65 bits per heavy atom. The average Bonchev–Trinajstić information content (AvgIpc) is 2.60. The van der Waals surface area contributed by atoms with E-state index in [1.54, 1.807) is 0 Å². The normalized spacial score (nSPS) is 16.9. The highest BCUT2D eigenvalue weighted by Gasteiger charge is 2.16. The van der Waals surface area contributed by atoms with E-state index in [0.29, 0.717) is 12.5 Å². The van der Waals surface area contributed by atoms with Crippen molar-refractivity contribution in [3.8, 4) is 0 Å². The van der Waals surface area contributed by atoms with Crippen LogP contribution in [0.1, 0.15) is 57.4 Å². The van der Waals surface area contributed by atoms with Gasteiger partial charge in [0, 0.05) is 12.5 Å². The molecule has 0 saturated carbocycles. The zero-order chi connectivity index (χ0) is 16.3. The van der Waals surface area contributed by atoms with Crippen molar-refractivity contribution in [1.29, 1.82) is 0 Å². The first-order chi connectivity index (χ1) is 11.3. The molecule has 1 aromatic rings. The van der Waals surface area contributed by atoms with Crippen molar-refractivity contribution < 1.29 is 4.79 Å². The van der Waals surface area contributed by atoms with Gasteiger partial charge in [-0.2, -0.15) is 0 Å². The molecule has 1 aliphatic rings. The van der Waals surface area contributed by atoms with E-state index in [2.05, 4.69) is 47.9 Å². The number of amides is 1. The molecule has 0 radical (unpaired) electrons. The second-order valence-electron chi connectivity index (χ2n) is 6.81. The van der Waals surface area contributed by atoms with E-state index in [1.165, 1.54) is 18.4 Å². The highest BCUT2D eigenvalue weighted by Crippen LogP contribution is 2.18. The minimum atomic E-state index is 0.245. The summed E-state index contributed by atoms with van der Waals surface area (Å²) in [5.74, 6) is 0.978. The Kier molecular flexibility index (Phi) is 8.16. The van der Waals surface area contributed by atoms with Crippen LogP contribution in [-0.4, -0.2) is 25.0 Å². The lowest BCUT2D eigenvalue weighted by Gasteiger charge is -2.23. The second-order valence-corrected chi connectivity index (χ2v) is 6.81. The van der Waals surface area contributed by atoms with Gasteiger partial charge in [-0.3, -0.25) is 4.79 Å². The summed E-state index contributed by atoms with van der Waals surface area (Å²) in [7, 11) is 0. The van der Waals surface area contributed by atoms with Gasteiger partial charge in [0.05, 0.1) is 0 Å². The highest BCUT2D eigenvalue weighted by molar-refractivity contribution is 5.76. The number of rotatable bonds is 9. The van der Waals surface area contributed by atoms with Crippen molar-refractivity contribution in [2.75, 3.05) is 13.1 Å². The van der Waals surface area contributed by atoms with Gasteiger partial charge in [-0.25, -0.2) is 0 Å². The van der Waals surface area contributed by atoms with Crippen LogP contribution in [0.5, 0.6) is 0 Å². The molecule has 0 aliphatic carbocycles. The van der Waals surface area contributed by atoms with Crippen LogP contribution in [0.3, 0.4) is 0 Å². The number of aryl methyl sites for hydroxylation is 1. The first kappa shape index (κ1) is 18.0. The number of benzene rings is 1. The molecule has 0 spiro atoms. The van der Waals surface area contributed by atoms with E-state index in [0.717, 1.165) is 51.1 Å². The van der Waals surface area contributed by atoms with Crippen molar-refractivity contribution in [3.05, 3.63) is 35.9 Å². The van der Waals surface area contributed by atoms with E-state index < -0.39 is 0 Å². The van der Waals surface area contributed by atoms with E-state index in [9.17, 15) is 4.79 Å². The Balaban J connectivity index is 1.70. The van der Waals surface area contributed by atoms with Crippen LogP contribution in [0.25, 0.3) is 0 Å². The fourth-order valence-corrected chi connectivity index (χ4v) is 3.43. The molecule has 0 bridgehead atoms. The SMILES string of the molecule is CCCC(CCc1ccccc1)NC(=O)CCC1CCNCC1. The number of hydrogen-bond donors (Lipinski definition) is 2. The van der Waals surface area contributed by atoms with Crippen LogP contribution in [0.15, 0.2) is 30.3 Å². The van der Waals surface area contributed by atoms with Crippen molar-refractivity contribution in [2.24, 2.45) is 5.92 Å². The Hall–Kier alpha value is -1.35. The number of hydrogen-bond acceptors (Lipinski definition) is 2. The van der Waals surface area contributed by atoms with Crippen molar-refractivity contribution in [3.63, 3.8) is 0 Å². The van der Waals surface area contributed by atoms with Crippen LogP contribution >= 0.6 is 0 Å². The minimum absolute atomic E-state index is 0.245. The lowest BCUT2D eigenvalue weighted by Crippen LogP contribution is -2.35. The molecule has 1 atom stereocenters. The van der Waals surface area contributed by atoms with E-state index in [-0.39, 0.29) is 5.91 Å².